The second kappa shape index (κ2) is 6.55. The van der Waals surface area contributed by atoms with Crippen molar-refractivity contribution in [2.45, 2.75) is 0 Å². The van der Waals surface area contributed by atoms with Crippen LogP contribution in [0.4, 0.5) is 0 Å². The largest absolute Gasteiger partial charge is 0.422 e. The molecule has 0 fully saturated rings. The molecule has 0 aromatic heterocycles. The zero-order valence-electron chi connectivity index (χ0n) is 9.85. The van der Waals surface area contributed by atoms with Gasteiger partial charge in [-0.1, -0.05) is 48.0 Å². The van der Waals surface area contributed by atoms with Gasteiger partial charge in [-0.15, -0.1) is 0 Å². The molecule has 0 saturated heterocycles. The maximum absolute atomic E-state index is 11.7. The Morgan fingerprint density at radius 1 is 1.11 bits per heavy atom. The van der Waals surface area contributed by atoms with Crippen LogP contribution in [0.15, 0.2) is 59.1 Å². The van der Waals surface area contributed by atoms with Crippen molar-refractivity contribution in [1.29, 1.82) is 0 Å². The second-order valence-corrected chi connectivity index (χ2v) is 4.92. The van der Waals surface area contributed by atoms with Crippen LogP contribution in [0.3, 0.4) is 0 Å². The molecule has 2 nitrogen and oxygen atoms in total. The Labute approximate surface area is 124 Å². The Bertz CT molecular complexity index is 609. The van der Waals surface area contributed by atoms with Crippen molar-refractivity contribution in [3.05, 3.63) is 69.7 Å². The molecule has 2 rings (SSSR count). The van der Waals surface area contributed by atoms with Crippen LogP contribution in [0, 0.1) is 0 Å². The summed E-state index contributed by atoms with van der Waals surface area (Å²) in [6.07, 6.45) is 3.07. The van der Waals surface area contributed by atoms with E-state index in [1.165, 1.54) is 6.08 Å². The zero-order chi connectivity index (χ0) is 13.7. The molecule has 19 heavy (non-hydrogen) atoms. The number of carbonyl (C=O) groups is 1. The first-order chi connectivity index (χ1) is 9.16. The summed E-state index contributed by atoms with van der Waals surface area (Å²) in [6, 6.07) is 14.6. The molecule has 4 heteroatoms. The van der Waals surface area contributed by atoms with Crippen molar-refractivity contribution < 1.29 is 9.53 Å². The molecule has 0 saturated carbocycles. The van der Waals surface area contributed by atoms with Gasteiger partial charge in [0.15, 0.2) is 0 Å². The summed E-state index contributed by atoms with van der Waals surface area (Å²) in [5.74, 6) is -0.0537. The molecule has 0 spiro atoms. The van der Waals surface area contributed by atoms with E-state index in [1.54, 1.807) is 24.3 Å². The smallest absolute Gasteiger partial charge is 0.336 e. The van der Waals surface area contributed by atoms with Crippen LogP contribution >= 0.6 is 27.5 Å². The lowest BCUT2D eigenvalue weighted by molar-refractivity contribution is -0.128. The summed E-state index contributed by atoms with van der Waals surface area (Å²) in [5.41, 5.74) is 0.935. The van der Waals surface area contributed by atoms with E-state index in [9.17, 15) is 4.79 Å². The van der Waals surface area contributed by atoms with Crippen molar-refractivity contribution in [3.8, 4) is 5.75 Å². The maximum atomic E-state index is 11.7. The van der Waals surface area contributed by atoms with Gasteiger partial charge in [0.1, 0.15) is 5.75 Å². The molecular formula is C15H10BrClO2. The highest BCUT2D eigenvalue weighted by molar-refractivity contribution is 9.10. The van der Waals surface area contributed by atoms with Gasteiger partial charge in [-0.25, -0.2) is 4.79 Å². The summed E-state index contributed by atoms with van der Waals surface area (Å²) < 4.78 is 5.76. The van der Waals surface area contributed by atoms with Crippen molar-refractivity contribution >= 4 is 39.6 Å². The first kappa shape index (κ1) is 13.8. The standard InChI is InChI=1S/C15H10BrClO2/c16-15-12(17)7-4-8-13(15)19-14(18)10-9-11-5-2-1-3-6-11/h1-10H/b10-9+. The molecule has 0 aliphatic carbocycles. The fourth-order valence-electron chi connectivity index (χ4n) is 1.43. The fourth-order valence-corrected chi connectivity index (χ4v) is 1.94. The molecule has 0 amide bonds. The van der Waals surface area contributed by atoms with E-state index in [0.29, 0.717) is 15.2 Å². The number of hydrogen-bond donors (Lipinski definition) is 0. The zero-order valence-corrected chi connectivity index (χ0v) is 12.2. The van der Waals surface area contributed by atoms with Crippen LogP contribution in [0.2, 0.25) is 5.02 Å². The molecule has 0 unspecified atom stereocenters. The Morgan fingerprint density at radius 3 is 2.58 bits per heavy atom. The van der Waals surface area contributed by atoms with Gasteiger partial charge in [-0.3, -0.25) is 0 Å². The predicted octanol–water partition coefficient (Wildman–Crippen LogP) is 4.72. The third-order valence-electron chi connectivity index (χ3n) is 2.34. The number of carbonyl (C=O) groups excluding carboxylic acids is 1. The van der Waals surface area contributed by atoms with Crippen LogP contribution in [0.25, 0.3) is 6.08 Å². The summed E-state index contributed by atoms with van der Waals surface area (Å²) in [5, 5.41) is 0.498. The number of ether oxygens (including phenoxy) is 1. The predicted molar refractivity (Wildman–Crippen MR) is 80.3 cm³/mol. The van der Waals surface area contributed by atoms with E-state index < -0.39 is 5.97 Å². The average molecular weight is 338 g/mol. The molecule has 96 valence electrons. The molecule has 0 aliphatic heterocycles. The molecule has 0 atom stereocenters. The first-order valence-corrected chi connectivity index (χ1v) is 6.73. The molecular weight excluding hydrogens is 328 g/mol. The Hall–Kier alpha value is -1.58. The summed E-state index contributed by atoms with van der Waals surface area (Å²) in [7, 11) is 0. The molecule has 2 aromatic carbocycles. The van der Waals surface area contributed by atoms with Gasteiger partial charge in [0, 0.05) is 6.08 Å². The minimum Gasteiger partial charge on any atom is -0.422 e. The minimum absolute atomic E-state index is 0.398. The second-order valence-electron chi connectivity index (χ2n) is 3.72. The van der Waals surface area contributed by atoms with E-state index in [0.717, 1.165) is 5.56 Å². The summed E-state index contributed by atoms with van der Waals surface area (Å²) >= 11 is 9.19. The van der Waals surface area contributed by atoms with Crippen LogP contribution in [-0.2, 0) is 4.79 Å². The number of halogens is 2. The quantitative estimate of drug-likeness (QED) is 0.460. The number of hydrogen-bond acceptors (Lipinski definition) is 2. The van der Waals surface area contributed by atoms with Crippen molar-refractivity contribution in [2.24, 2.45) is 0 Å². The number of esters is 1. The van der Waals surface area contributed by atoms with Gasteiger partial charge in [-0.2, -0.15) is 0 Å². The van der Waals surface area contributed by atoms with E-state index in [4.69, 9.17) is 16.3 Å². The van der Waals surface area contributed by atoms with Crippen molar-refractivity contribution in [2.75, 3.05) is 0 Å². The number of benzene rings is 2. The van der Waals surface area contributed by atoms with Crippen LogP contribution in [0.5, 0.6) is 5.75 Å². The van der Waals surface area contributed by atoms with Crippen molar-refractivity contribution in [3.63, 3.8) is 0 Å². The van der Waals surface area contributed by atoms with Gasteiger partial charge >= 0.3 is 5.97 Å². The highest BCUT2D eigenvalue weighted by atomic mass is 79.9. The molecule has 0 bridgehead atoms. The van der Waals surface area contributed by atoms with Crippen LogP contribution in [0.1, 0.15) is 5.56 Å². The normalized spacial score (nSPS) is 10.6. The fraction of sp³-hybridized carbons (Fsp3) is 0. The summed E-state index contributed by atoms with van der Waals surface area (Å²) in [4.78, 5) is 11.7. The van der Waals surface area contributed by atoms with Crippen LogP contribution < -0.4 is 4.74 Å². The Kier molecular flexibility index (Phi) is 4.77. The summed E-state index contributed by atoms with van der Waals surface area (Å²) in [6.45, 7) is 0. The lowest BCUT2D eigenvalue weighted by Gasteiger charge is -2.04. The topological polar surface area (TPSA) is 26.3 Å². The van der Waals surface area contributed by atoms with Gasteiger partial charge in [0.25, 0.3) is 0 Å². The SMILES string of the molecule is O=C(/C=C/c1ccccc1)Oc1cccc(Cl)c1Br. The first-order valence-electron chi connectivity index (χ1n) is 5.56. The Balaban J connectivity index is 2.06. The maximum Gasteiger partial charge on any atom is 0.336 e. The lowest BCUT2D eigenvalue weighted by Crippen LogP contribution is -2.04. The highest BCUT2D eigenvalue weighted by Gasteiger charge is 2.07. The average Bonchev–Trinajstić information content (AvgIpc) is 2.43. The number of rotatable bonds is 3. The molecule has 2 aromatic rings. The molecule has 0 heterocycles. The van der Waals surface area contributed by atoms with E-state index >= 15 is 0 Å². The lowest BCUT2D eigenvalue weighted by atomic mass is 10.2. The molecule has 0 aliphatic rings. The molecule has 0 radical (unpaired) electrons. The highest BCUT2D eigenvalue weighted by Crippen LogP contribution is 2.31. The van der Waals surface area contributed by atoms with Crippen molar-refractivity contribution in [1.82, 2.24) is 0 Å². The minimum atomic E-state index is -0.452. The van der Waals surface area contributed by atoms with Gasteiger partial charge in [0.2, 0.25) is 0 Å². The monoisotopic (exact) mass is 336 g/mol. The third kappa shape index (κ3) is 3.94. The van der Waals surface area contributed by atoms with E-state index in [2.05, 4.69) is 15.9 Å². The van der Waals surface area contributed by atoms with E-state index in [-0.39, 0.29) is 0 Å². The van der Waals surface area contributed by atoms with Crippen LogP contribution in [-0.4, -0.2) is 5.97 Å². The van der Waals surface area contributed by atoms with Gasteiger partial charge in [0.05, 0.1) is 9.50 Å². The van der Waals surface area contributed by atoms with Gasteiger partial charge < -0.3 is 4.74 Å². The molecule has 0 N–H and O–H groups in total. The third-order valence-corrected chi connectivity index (χ3v) is 3.70. The Morgan fingerprint density at radius 2 is 1.84 bits per heavy atom. The van der Waals surface area contributed by atoms with Gasteiger partial charge in [-0.05, 0) is 39.7 Å². The van der Waals surface area contributed by atoms with E-state index in [1.807, 2.05) is 30.3 Å².